The monoisotopic (exact) mass is 512 g/mol. The fourth-order valence-corrected chi connectivity index (χ4v) is 5.61. The van der Waals surface area contributed by atoms with Crippen LogP contribution in [0.2, 0.25) is 0 Å². The fraction of sp³-hybridized carbons (Fsp3) is 0.222. The summed E-state index contributed by atoms with van der Waals surface area (Å²) in [5.41, 5.74) is 2.26. The second kappa shape index (κ2) is 9.04. The van der Waals surface area contributed by atoms with E-state index in [0.717, 1.165) is 30.5 Å². The molecule has 3 saturated heterocycles. The first-order valence-electron chi connectivity index (χ1n) is 11.9. The summed E-state index contributed by atoms with van der Waals surface area (Å²) in [5, 5.41) is 1.89. The van der Waals surface area contributed by atoms with Gasteiger partial charge in [0.1, 0.15) is 5.82 Å². The van der Waals surface area contributed by atoms with Gasteiger partial charge >= 0.3 is 0 Å². The molecule has 3 fully saturated rings. The SMILES string of the molecule is CN(c1ccccc1)c1cc(/C=C2\SC(=O)NC2=O)nc(N2CC3(CN(C(=O)c4ccccc4)C3)C2)n1. The van der Waals surface area contributed by atoms with Gasteiger partial charge in [0.05, 0.1) is 10.6 Å². The average molecular weight is 513 g/mol. The molecule has 9 nitrogen and oxygen atoms in total. The molecular formula is C27H24N6O3S. The fourth-order valence-electron chi connectivity index (χ4n) is 4.94. The number of nitrogens with one attached hydrogen (secondary N) is 1. The Morgan fingerprint density at radius 2 is 1.68 bits per heavy atom. The van der Waals surface area contributed by atoms with Crippen molar-refractivity contribution in [3.63, 3.8) is 0 Å². The molecule has 0 unspecified atom stereocenters. The molecule has 10 heteroatoms. The van der Waals surface area contributed by atoms with E-state index >= 15 is 0 Å². The van der Waals surface area contributed by atoms with Crippen molar-refractivity contribution in [1.29, 1.82) is 0 Å². The van der Waals surface area contributed by atoms with Gasteiger partial charge in [0.15, 0.2) is 0 Å². The van der Waals surface area contributed by atoms with Gasteiger partial charge in [-0.2, -0.15) is 4.98 Å². The third kappa shape index (κ3) is 4.44. The summed E-state index contributed by atoms with van der Waals surface area (Å²) in [7, 11) is 1.93. The Kier molecular flexibility index (Phi) is 5.68. The van der Waals surface area contributed by atoms with E-state index in [-0.39, 0.29) is 11.3 Å². The van der Waals surface area contributed by atoms with Gasteiger partial charge < -0.3 is 14.7 Å². The number of hydrogen-bond donors (Lipinski definition) is 1. The van der Waals surface area contributed by atoms with Crippen molar-refractivity contribution in [2.45, 2.75) is 0 Å². The van der Waals surface area contributed by atoms with Gasteiger partial charge in [-0.15, -0.1) is 0 Å². The minimum Gasteiger partial charge on any atom is -0.339 e. The van der Waals surface area contributed by atoms with Gasteiger partial charge in [-0.3, -0.25) is 19.7 Å². The Labute approximate surface area is 218 Å². The number of thioether (sulfide) groups is 1. The van der Waals surface area contributed by atoms with Gasteiger partial charge in [-0.25, -0.2) is 4.98 Å². The highest BCUT2D eigenvalue weighted by molar-refractivity contribution is 8.18. The molecule has 3 aliphatic rings. The maximum atomic E-state index is 12.7. The average Bonchev–Trinajstić information content (AvgIpc) is 3.18. The number of hydrogen-bond acceptors (Lipinski definition) is 8. The molecule has 4 heterocycles. The Balaban J connectivity index is 1.22. The summed E-state index contributed by atoms with van der Waals surface area (Å²) in [4.78, 5) is 52.3. The Morgan fingerprint density at radius 3 is 2.32 bits per heavy atom. The molecule has 0 radical (unpaired) electrons. The highest BCUT2D eigenvalue weighted by Crippen LogP contribution is 2.42. The minimum atomic E-state index is -0.423. The van der Waals surface area contributed by atoms with Crippen molar-refractivity contribution in [2.75, 3.05) is 43.0 Å². The molecule has 0 aliphatic carbocycles. The topological polar surface area (TPSA) is 98.7 Å². The van der Waals surface area contributed by atoms with E-state index in [1.165, 1.54) is 0 Å². The van der Waals surface area contributed by atoms with Crippen molar-refractivity contribution in [1.82, 2.24) is 20.2 Å². The van der Waals surface area contributed by atoms with Crippen molar-refractivity contribution in [2.24, 2.45) is 5.41 Å². The molecule has 2 aromatic carbocycles. The van der Waals surface area contributed by atoms with E-state index in [1.54, 1.807) is 12.1 Å². The van der Waals surface area contributed by atoms with E-state index in [9.17, 15) is 14.4 Å². The van der Waals surface area contributed by atoms with Crippen molar-refractivity contribution < 1.29 is 14.4 Å². The molecule has 186 valence electrons. The predicted octanol–water partition coefficient (Wildman–Crippen LogP) is 3.53. The van der Waals surface area contributed by atoms with Gasteiger partial charge in [0.25, 0.3) is 17.1 Å². The molecule has 3 aliphatic heterocycles. The summed E-state index contributed by atoms with van der Waals surface area (Å²) < 4.78 is 0. The number of nitrogens with zero attached hydrogens (tertiary/aromatic N) is 5. The number of carbonyl (C=O) groups is 3. The summed E-state index contributed by atoms with van der Waals surface area (Å²) >= 11 is 0.863. The number of carbonyl (C=O) groups excluding carboxylic acids is 3. The molecule has 3 amide bonds. The molecule has 0 atom stereocenters. The van der Waals surface area contributed by atoms with E-state index in [0.29, 0.717) is 41.0 Å². The van der Waals surface area contributed by atoms with Crippen LogP contribution in [0.3, 0.4) is 0 Å². The molecule has 37 heavy (non-hydrogen) atoms. The van der Waals surface area contributed by atoms with Crippen LogP contribution in [-0.4, -0.2) is 65.1 Å². The zero-order valence-electron chi connectivity index (χ0n) is 20.1. The van der Waals surface area contributed by atoms with Gasteiger partial charge in [-0.05, 0) is 42.1 Å². The molecule has 0 bridgehead atoms. The predicted molar refractivity (Wildman–Crippen MR) is 143 cm³/mol. The standard InChI is InChI=1S/C27H24N6O3S/c1-31(20-10-6-3-7-11-20)22-13-19(12-21-23(34)30-26(36)37-21)28-25(29-22)33-16-27(17-33)14-32(15-27)24(35)18-8-4-2-5-9-18/h2-13H,14-17H2,1H3,(H,30,34,36)/b21-12-. The third-order valence-electron chi connectivity index (χ3n) is 6.82. The van der Waals surface area contributed by atoms with Crippen LogP contribution >= 0.6 is 11.8 Å². The van der Waals surface area contributed by atoms with Gasteiger partial charge in [-0.1, -0.05) is 36.4 Å². The summed E-state index contributed by atoms with van der Waals surface area (Å²) in [6, 6.07) is 21.0. The van der Waals surface area contributed by atoms with Crippen LogP contribution in [0.5, 0.6) is 0 Å². The number of amides is 3. The van der Waals surface area contributed by atoms with E-state index in [1.807, 2.05) is 77.5 Å². The van der Waals surface area contributed by atoms with Crippen LogP contribution < -0.4 is 15.1 Å². The smallest absolute Gasteiger partial charge is 0.290 e. The number of rotatable bonds is 5. The maximum absolute atomic E-state index is 12.7. The lowest BCUT2D eigenvalue weighted by Gasteiger charge is -2.60. The van der Waals surface area contributed by atoms with Crippen molar-refractivity contribution in [3.05, 3.63) is 82.9 Å². The normalized spacial score (nSPS) is 19.0. The molecular weight excluding hydrogens is 488 g/mol. The number of likely N-dealkylation sites (tertiary alicyclic amines) is 1. The van der Waals surface area contributed by atoms with Gasteiger partial charge in [0, 0.05) is 56.0 Å². The highest BCUT2D eigenvalue weighted by Gasteiger charge is 2.54. The lowest BCUT2D eigenvalue weighted by Crippen LogP contribution is -2.73. The molecule has 0 saturated carbocycles. The molecule has 1 spiro atoms. The number of benzene rings is 2. The second-order valence-corrected chi connectivity index (χ2v) is 10.6. The van der Waals surface area contributed by atoms with Crippen LogP contribution in [0.15, 0.2) is 71.6 Å². The zero-order chi connectivity index (χ0) is 25.6. The lowest BCUT2D eigenvalue weighted by molar-refractivity contribution is -0.115. The van der Waals surface area contributed by atoms with Crippen molar-refractivity contribution >= 4 is 52.3 Å². The highest BCUT2D eigenvalue weighted by atomic mass is 32.2. The van der Waals surface area contributed by atoms with Crippen LogP contribution in [0.4, 0.5) is 22.2 Å². The van der Waals surface area contributed by atoms with Crippen LogP contribution in [-0.2, 0) is 4.79 Å². The molecule has 1 aromatic heterocycles. The van der Waals surface area contributed by atoms with E-state index < -0.39 is 11.1 Å². The lowest BCUT2D eigenvalue weighted by atomic mass is 9.72. The Bertz CT molecular complexity index is 1410. The minimum absolute atomic E-state index is 0.0430. The summed E-state index contributed by atoms with van der Waals surface area (Å²) in [6.45, 7) is 2.90. The van der Waals surface area contributed by atoms with Crippen LogP contribution in [0, 0.1) is 5.41 Å². The van der Waals surface area contributed by atoms with E-state index in [2.05, 4.69) is 10.2 Å². The zero-order valence-corrected chi connectivity index (χ0v) is 20.9. The number of aromatic nitrogens is 2. The first-order valence-corrected chi connectivity index (χ1v) is 12.7. The largest absolute Gasteiger partial charge is 0.339 e. The van der Waals surface area contributed by atoms with E-state index in [4.69, 9.17) is 9.97 Å². The van der Waals surface area contributed by atoms with Crippen LogP contribution in [0.25, 0.3) is 6.08 Å². The van der Waals surface area contributed by atoms with Gasteiger partial charge in [0.2, 0.25) is 5.95 Å². The molecule has 1 N–H and O–H groups in total. The summed E-state index contributed by atoms with van der Waals surface area (Å²) in [6.07, 6.45) is 1.62. The Morgan fingerprint density at radius 1 is 1.00 bits per heavy atom. The quantitative estimate of drug-likeness (QED) is 0.519. The Hall–Kier alpha value is -4.18. The summed E-state index contributed by atoms with van der Waals surface area (Å²) in [5.74, 6) is 0.866. The first kappa shape index (κ1) is 23.2. The third-order valence-corrected chi connectivity index (χ3v) is 7.64. The maximum Gasteiger partial charge on any atom is 0.290 e. The second-order valence-electron chi connectivity index (χ2n) is 9.58. The van der Waals surface area contributed by atoms with Crippen LogP contribution in [0.1, 0.15) is 16.1 Å². The molecule has 6 rings (SSSR count). The first-order chi connectivity index (χ1) is 17.9. The number of imide groups is 1. The molecule has 3 aromatic rings. The number of para-hydroxylation sites is 1. The number of anilines is 3. The van der Waals surface area contributed by atoms with Crippen molar-refractivity contribution in [3.8, 4) is 0 Å².